The van der Waals surface area contributed by atoms with Gasteiger partial charge in [0.05, 0.1) is 61.4 Å². The highest BCUT2D eigenvalue weighted by Gasteiger charge is 2.43. The molecule has 1 N–H and O–H groups in total. The van der Waals surface area contributed by atoms with E-state index in [9.17, 15) is 27.6 Å². The molecule has 2 heterocycles. The summed E-state index contributed by atoms with van der Waals surface area (Å²) in [6, 6.07) is 11.3. The SMILES string of the molecule is COC(=O)C1=C(C)NC(C)=C(C(=O)OCCCCOC(=O)c2ccc(OCCn3ccnc3)cc2)C1c1ccccc1C(F)(F)F. The van der Waals surface area contributed by atoms with Crippen LogP contribution in [0.3, 0.4) is 0 Å². The number of esters is 3. The number of hydrogen-bond donors (Lipinski definition) is 1. The molecule has 244 valence electrons. The molecule has 10 nitrogen and oxygen atoms in total. The van der Waals surface area contributed by atoms with E-state index in [0.29, 0.717) is 37.3 Å². The van der Waals surface area contributed by atoms with Crippen molar-refractivity contribution in [2.24, 2.45) is 0 Å². The summed E-state index contributed by atoms with van der Waals surface area (Å²) < 4.78 is 65.2. The Morgan fingerprint density at radius 3 is 2.11 bits per heavy atom. The molecule has 2 aromatic carbocycles. The number of carbonyl (C=O) groups excluding carboxylic acids is 3. The van der Waals surface area contributed by atoms with E-state index in [1.54, 1.807) is 36.8 Å². The highest BCUT2D eigenvalue weighted by Crippen LogP contribution is 2.44. The first-order valence-corrected chi connectivity index (χ1v) is 14.5. The van der Waals surface area contributed by atoms with E-state index in [-0.39, 0.29) is 41.3 Å². The number of aromatic nitrogens is 2. The number of benzene rings is 2. The van der Waals surface area contributed by atoms with Gasteiger partial charge in [-0.15, -0.1) is 0 Å². The van der Waals surface area contributed by atoms with Crippen molar-refractivity contribution in [3.05, 3.63) is 106 Å². The summed E-state index contributed by atoms with van der Waals surface area (Å²) >= 11 is 0. The molecule has 13 heteroatoms. The molecule has 1 aliphatic rings. The molecule has 4 rings (SSSR count). The van der Waals surface area contributed by atoms with Crippen molar-refractivity contribution < 1.29 is 46.5 Å². The van der Waals surface area contributed by atoms with Gasteiger partial charge in [0.15, 0.2) is 0 Å². The molecule has 1 atom stereocenters. The molecular weight excluding hydrogens is 607 g/mol. The Kier molecular flexibility index (Phi) is 11.2. The lowest BCUT2D eigenvalue weighted by atomic mass is 9.78. The van der Waals surface area contributed by atoms with Crippen molar-refractivity contribution in [1.29, 1.82) is 0 Å². The minimum atomic E-state index is -4.74. The summed E-state index contributed by atoms with van der Waals surface area (Å²) in [5, 5.41) is 2.90. The van der Waals surface area contributed by atoms with Crippen LogP contribution in [-0.4, -0.2) is 54.4 Å². The quantitative estimate of drug-likeness (QED) is 0.145. The molecule has 0 aliphatic carbocycles. The van der Waals surface area contributed by atoms with Crippen LogP contribution in [0.25, 0.3) is 0 Å². The fourth-order valence-electron chi connectivity index (χ4n) is 5.03. The third kappa shape index (κ3) is 8.34. The number of unbranched alkanes of at least 4 members (excludes halogenated alkanes) is 1. The number of rotatable bonds is 13. The van der Waals surface area contributed by atoms with Gasteiger partial charge in [-0.05, 0) is 62.6 Å². The lowest BCUT2D eigenvalue weighted by Gasteiger charge is -2.31. The molecule has 0 radical (unpaired) electrons. The van der Waals surface area contributed by atoms with E-state index in [2.05, 4.69) is 10.3 Å². The van der Waals surface area contributed by atoms with Gasteiger partial charge in [0, 0.05) is 23.8 Å². The molecule has 46 heavy (non-hydrogen) atoms. The highest BCUT2D eigenvalue weighted by molar-refractivity contribution is 6.00. The Hall–Kier alpha value is -5.07. The number of hydrogen-bond acceptors (Lipinski definition) is 9. The predicted octanol–water partition coefficient (Wildman–Crippen LogP) is 5.57. The second-order valence-electron chi connectivity index (χ2n) is 10.4. The van der Waals surface area contributed by atoms with Gasteiger partial charge in [0.25, 0.3) is 0 Å². The number of dihydropyridines is 1. The van der Waals surface area contributed by atoms with Gasteiger partial charge in [0.1, 0.15) is 12.4 Å². The molecular formula is C33H34F3N3O7. The number of alkyl halides is 3. The number of methoxy groups -OCH3 is 1. The monoisotopic (exact) mass is 641 g/mol. The average Bonchev–Trinajstić information content (AvgIpc) is 3.55. The highest BCUT2D eigenvalue weighted by atomic mass is 19.4. The zero-order valence-corrected chi connectivity index (χ0v) is 25.6. The number of halogens is 3. The number of ether oxygens (including phenoxy) is 4. The van der Waals surface area contributed by atoms with Gasteiger partial charge < -0.3 is 28.8 Å². The molecule has 1 unspecified atom stereocenters. The molecule has 0 bridgehead atoms. The minimum absolute atomic E-state index is 0.0544. The minimum Gasteiger partial charge on any atom is -0.492 e. The standard InChI is InChI=1S/C33H34F3N3O7/c1-21-27(31(41)43-3)29(25-8-4-5-9-26(25)33(34,35)36)28(22(2)38-21)32(42)46-18-7-6-17-45-30(40)23-10-12-24(13-11-23)44-19-16-39-15-14-37-20-39/h4-5,8-15,20,29,38H,6-7,16-19H2,1-3H3. The molecule has 1 aromatic heterocycles. The van der Waals surface area contributed by atoms with Crippen LogP contribution in [-0.2, 0) is 36.5 Å². The van der Waals surface area contributed by atoms with E-state index in [1.807, 2.05) is 10.8 Å². The van der Waals surface area contributed by atoms with Crippen molar-refractivity contribution in [3.8, 4) is 5.75 Å². The van der Waals surface area contributed by atoms with Gasteiger partial charge in [-0.1, -0.05) is 18.2 Å². The predicted molar refractivity (Wildman–Crippen MR) is 159 cm³/mol. The maximum atomic E-state index is 14.0. The lowest BCUT2D eigenvalue weighted by Crippen LogP contribution is -2.33. The second-order valence-corrected chi connectivity index (χ2v) is 10.4. The summed E-state index contributed by atoms with van der Waals surface area (Å²) in [6.45, 7) is 4.07. The van der Waals surface area contributed by atoms with Crippen LogP contribution in [0.15, 0.2) is 89.8 Å². The zero-order valence-electron chi connectivity index (χ0n) is 25.6. The molecule has 1 aliphatic heterocycles. The number of imidazole rings is 1. The Balaban J connectivity index is 1.31. The van der Waals surface area contributed by atoms with Crippen molar-refractivity contribution in [3.63, 3.8) is 0 Å². The topological polar surface area (TPSA) is 118 Å². The molecule has 0 amide bonds. The van der Waals surface area contributed by atoms with Crippen molar-refractivity contribution in [2.45, 2.75) is 45.3 Å². The number of allylic oxidation sites excluding steroid dienone is 2. The maximum Gasteiger partial charge on any atom is 0.416 e. The summed E-state index contributed by atoms with van der Waals surface area (Å²) in [4.78, 5) is 42.5. The molecule has 0 saturated carbocycles. The smallest absolute Gasteiger partial charge is 0.416 e. The molecule has 0 saturated heterocycles. The summed E-state index contributed by atoms with van der Waals surface area (Å²) in [7, 11) is 1.11. The third-order valence-corrected chi connectivity index (χ3v) is 7.24. The van der Waals surface area contributed by atoms with E-state index < -0.39 is 35.6 Å². The van der Waals surface area contributed by atoms with Gasteiger partial charge in [-0.3, -0.25) is 0 Å². The van der Waals surface area contributed by atoms with E-state index in [4.69, 9.17) is 18.9 Å². The van der Waals surface area contributed by atoms with Gasteiger partial charge in [-0.25, -0.2) is 19.4 Å². The molecule has 0 spiro atoms. The van der Waals surface area contributed by atoms with Gasteiger partial charge in [-0.2, -0.15) is 13.2 Å². The summed E-state index contributed by atoms with van der Waals surface area (Å²) in [5.74, 6) is -3.07. The second kappa shape index (κ2) is 15.3. The van der Waals surface area contributed by atoms with E-state index >= 15 is 0 Å². The number of nitrogens with one attached hydrogen (secondary N) is 1. The summed E-state index contributed by atoms with van der Waals surface area (Å²) in [5.41, 5.74) is -0.665. The fourth-order valence-corrected chi connectivity index (χ4v) is 5.03. The molecule has 3 aromatic rings. The zero-order chi connectivity index (χ0) is 33.3. The largest absolute Gasteiger partial charge is 0.492 e. The van der Waals surface area contributed by atoms with Crippen molar-refractivity contribution in [1.82, 2.24) is 14.9 Å². The third-order valence-electron chi connectivity index (χ3n) is 7.24. The lowest BCUT2D eigenvalue weighted by molar-refractivity contribution is -0.141. The normalized spacial score (nSPS) is 14.9. The Morgan fingerprint density at radius 1 is 0.870 bits per heavy atom. The first-order chi connectivity index (χ1) is 22.0. The molecule has 0 fully saturated rings. The van der Waals surface area contributed by atoms with Crippen molar-refractivity contribution >= 4 is 17.9 Å². The van der Waals surface area contributed by atoms with Gasteiger partial charge >= 0.3 is 24.1 Å². The average molecular weight is 642 g/mol. The van der Waals surface area contributed by atoms with E-state index in [1.165, 1.54) is 32.0 Å². The van der Waals surface area contributed by atoms with Crippen LogP contribution in [0.4, 0.5) is 13.2 Å². The summed E-state index contributed by atoms with van der Waals surface area (Å²) in [6.07, 6.45) is 1.13. The Morgan fingerprint density at radius 2 is 1.50 bits per heavy atom. The Bertz CT molecular complexity index is 1600. The fraction of sp³-hybridized carbons (Fsp3) is 0.333. The Labute approximate surface area is 263 Å². The van der Waals surface area contributed by atoms with Crippen molar-refractivity contribution in [2.75, 3.05) is 26.9 Å². The number of carbonyl (C=O) groups is 3. The number of nitrogens with zero attached hydrogens (tertiary/aromatic N) is 2. The van der Waals surface area contributed by atoms with Crippen LogP contribution in [0.5, 0.6) is 5.75 Å². The van der Waals surface area contributed by atoms with Crippen LogP contribution in [0.1, 0.15) is 54.1 Å². The van der Waals surface area contributed by atoms with Gasteiger partial charge in [0.2, 0.25) is 0 Å². The van der Waals surface area contributed by atoms with Crippen LogP contribution >= 0.6 is 0 Å². The van der Waals surface area contributed by atoms with Crippen LogP contribution in [0.2, 0.25) is 0 Å². The van der Waals surface area contributed by atoms with Crippen LogP contribution in [0, 0.1) is 0 Å². The maximum absolute atomic E-state index is 14.0. The van der Waals surface area contributed by atoms with Crippen LogP contribution < -0.4 is 10.1 Å². The first-order valence-electron chi connectivity index (χ1n) is 14.5. The van der Waals surface area contributed by atoms with E-state index in [0.717, 1.165) is 13.2 Å². The first kappa shape index (κ1) is 33.8.